The first-order valence-electron chi connectivity index (χ1n) is 7.23. The third-order valence-electron chi connectivity index (χ3n) is 3.84. The highest BCUT2D eigenvalue weighted by Gasteiger charge is 2.27. The van der Waals surface area contributed by atoms with Gasteiger partial charge in [-0.05, 0) is 18.6 Å². The number of rotatable bonds is 5. The van der Waals surface area contributed by atoms with Crippen molar-refractivity contribution in [3.05, 3.63) is 33.6 Å². The van der Waals surface area contributed by atoms with Gasteiger partial charge in [-0.3, -0.25) is 4.90 Å². The number of hydrogen-bond donors (Lipinski definition) is 1. The Kier molecular flexibility index (Phi) is 11.0. The standard InChI is InChI=1S/C15H21Cl2FN2.2ClH/c1-2-3-4-13(20-9-7-19-8-10-20)14-12(18)6-5-11(16)15(14)17;;/h5-6,13,19H,2-4,7-10H2,1H3;2*1H/t13-;;/m1../s1. The number of piperazine rings is 1. The molecule has 7 heteroatoms. The maximum atomic E-state index is 14.3. The fourth-order valence-electron chi connectivity index (χ4n) is 2.75. The second-order valence-corrected chi connectivity index (χ2v) is 5.99. The van der Waals surface area contributed by atoms with Gasteiger partial charge in [0.1, 0.15) is 5.82 Å². The van der Waals surface area contributed by atoms with Gasteiger partial charge in [-0.2, -0.15) is 0 Å². The van der Waals surface area contributed by atoms with Crippen molar-refractivity contribution in [2.45, 2.75) is 32.2 Å². The summed E-state index contributed by atoms with van der Waals surface area (Å²) in [6.45, 7) is 5.84. The van der Waals surface area contributed by atoms with E-state index >= 15 is 0 Å². The van der Waals surface area contributed by atoms with E-state index in [1.54, 1.807) is 0 Å². The van der Waals surface area contributed by atoms with Crippen molar-refractivity contribution in [3.8, 4) is 0 Å². The van der Waals surface area contributed by atoms with Gasteiger partial charge in [0.15, 0.2) is 0 Å². The first kappa shape index (κ1) is 22.2. The molecule has 0 aliphatic carbocycles. The number of nitrogens with one attached hydrogen (secondary N) is 1. The quantitative estimate of drug-likeness (QED) is 0.701. The van der Waals surface area contributed by atoms with E-state index in [4.69, 9.17) is 23.2 Å². The monoisotopic (exact) mass is 390 g/mol. The van der Waals surface area contributed by atoms with Crippen LogP contribution < -0.4 is 5.32 Å². The highest BCUT2D eigenvalue weighted by Crippen LogP contribution is 2.37. The molecular formula is C15H23Cl4FN2. The van der Waals surface area contributed by atoms with Crippen LogP contribution in [-0.2, 0) is 0 Å². The van der Waals surface area contributed by atoms with Gasteiger partial charge >= 0.3 is 0 Å². The highest BCUT2D eigenvalue weighted by molar-refractivity contribution is 6.42. The van der Waals surface area contributed by atoms with Crippen LogP contribution >= 0.6 is 48.0 Å². The Balaban J connectivity index is 0.00000220. The Morgan fingerprint density at radius 2 is 1.86 bits per heavy atom. The van der Waals surface area contributed by atoms with Crippen LogP contribution in [0.15, 0.2) is 12.1 Å². The minimum Gasteiger partial charge on any atom is -0.314 e. The predicted molar refractivity (Wildman–Crippen MR) is 97.6 cm³/mol. The van der Waals surface area contributed by atoms with E-state index in [-0.39, 0.29) is 36.7 Å². The zero-order chi connectivity index (χ0) is 14.5. The van der Waals surface area contributed by atoms with Crippen molar-refractivity contribution in [2.24, 2.45) is 0 Å². The van der Waals surface area contributed by atoms with Crippen molar-refractivity contribution in [1.82, 2.24) is 10.2 Å². The van der Waals surface area contributed by atoms with Crippen LogP contribution in [0, 0.1) is 5.82 Å². The number of nitrogens with zero attached hydrogens (tertiary/aromatic N) is 1. The van der Waals surface area contributed by atoms with Crippen molar-refractivity contribution in [1.29, 1.82) is 0 Å². The van der Waals surface area contributed by atoms with Crippen molar-refractivity contribution < 1.29 is 4.39 Å². The van der Waals surface area contributed by atoms with Crippen LogP contribution in [0.2, 0.25) is 10.0 Å². The first-order chi connectivity index (χ1) is 9.65. The minimum atomic E-state index is -0.251. The highest BCUT2D eigenvalue weighted by atomic mass is 35.5. The Labute approximate surface area is 154 Å². The summed E-state index contributed by atoms with van der Waals surface area (Å²) in [5.74, 6) is -0.251. The molecule has 1 aromatic carbocycles. The summed E-state index contributed by atoms with van der Waals surface area (Å²) in [5.41, 5.74) is 0.564. The molecule has 2 rings (SSSR count). The predicted octanol–water partition coefficient (Wildman–Crippen LogP) is 5.11. The van der Waals surface area contributed by atoms with E-state index in [1.165, 1.54) is 12.1 Å². The van der Waals surface area contributed by atoms with Gasteiger partial charge in [0.2, 0.25) is 0 Å². The molecule has 0 unspecified atom stereocenters. The van der Waals surface area contributed by atoms with E-state index in [9.17, 15) is 4.39 Å². The summed E-state index contributed by atoms with van der Waals surface area (Å²) in [7, 11) is 0. The summed E-state index contributed by atoms with van der Waals surface area (Å²) in [4.78, 5) is 2.31. The maximum absolute atomic E-state index is 14.3. The van der Waals surface area contributed by atoms with Gasteiger partial charge in [-0.1, -0.05) is 43.0 Å². The first-order valence-corrected chi connectivity index (χ1v) is 7.99. The van der Waals surface area contributed by atoms with Crippen LogP contribution in [0.3, 0.4) is 0 Å². The molecule has 22 heavy (non-hydrogen) atoms. The average Bonchev–Trinajstić information content (AvgIpc) is 2.47. The summed E-state index contributed by atoms with van der Waals surface area (Å²) in [6.07, 6.45) is 3.05. The Morgan fingerprint density at radius 1 is 1.23 bits per heavy atom. The molecule has 0 bridgehead atoms. The van der Waals surface area contributed by atoms with Gasteiger partial charge in [0.25, 0.3) is 0 Å². The molecule has 0 spiro atoms. The third kappa shape index (κ3) is 5.40. The van der Waals surface area contributed by atoms with E-state index in [1.807, 2.05) is 0 Å². The van der Waals surface area contributed by atoms with Gasteiger partial charge in [-0.25, -0.2) is 4.39 Å². The molecule has 1 aliphatic rings. The van der Waals surface area contributed by atoms with E-state index < -0.39 is 0 Å². The molecule has 1 aromatic rings. The van der Waals surface area contributed by atoms with E-state index in [0.717, 1.165) is 45.4 Å². The fourth-order valence-corrected chi connectivity index (χ4v) is 3.19. The molecule has 0 radical (unpaired) electrons. The van der Waals surface area contributed by atoms with Crippen LogP contribution in [0.4, 0.5) is 4.39 Å². The average molecular weight is 392 g/mol. The van der Waals surface area contributed by atoms with Gasteiger partial charge in [0.05, 0.1) is 10.0 Å². The number of hydrogen-bond acceptors (Lipinski definition) is 2. The molecule has 1 aliphatic heterocycles. The molecule has 2 nitrogen and oxygen atoms in total. The lowest BCUT2D eigenvalue weighted by Gasteiger charge is -2.36. The zero-order valence-electron chi connectivity index (χ0n) is 12.6. The topological polar surface area (TPSA) is 15.3 Å². The van der Waals surface area contributed by atoms with Crippen LogP contribution in [-0.4, -0.2) is 31.1 Å². The molecule has 1 fully saturated rings. The Morgan fingerprint density at radius 3 is 2.45 bits per heavy atom. The van der Waals surface area contributed by atoms with Gasteiger partial charge in [0, 0.05) is 37.8 Å². The lowest BCUT2D eigenvalue weighted by molar-refractivity contribution is 0.160. The molecule has 0 aromatic heterocycles. The number of benzene rings is 1. The summed E-state index contributed by atoms with van der Waals surface area (Å²) in [6, 6.07) is 2.96. The van der Waals surface area contributed by atoms with Crippen molar-refractivity contribution >= 4 is 48.0 Å². The third-order valence-corrected chi connectivity index (χ3v) is 4.66. The van der Waals surface area contributed by atoms with Crippen molar-refractivity contribution in [2.75, 3.05) is 26.2 Å². The van der Waals surface area contributed by atoms with Gasteiger partial charge in [-0.15, -0.1) is 24.8 Å². The van der Waals surface area contributed by atoms with Crippen LogP contribution in [0.5, 0.6) is 0 Å². The molecule has 0 saturated carbocycles. The summed E-state index contributed by atoms with van der Waals surface area (Å²) >= 11 is 12.4. The molecule has 1 heterocycles. The molecule has 1 atom stereocenters. The minimum absolute atomic E-state index is 0. The number of halogens is 5. The molecule has 1 N–H and O–H groups in total. The van der Waals surface area contributed by atoms with E-state index in [0.29, 0.717) is 15.6 Å². The zero-order valence-corrected chi connectivity index (χ0v) is 15.7. The van der Waals surface area contributed by atoms with Crippen molar-refractivity contribution in [3.63, 3.8) is 0 Å². The molecule has 1 saturated heterocycles. The van der Waals surface area contributed by atoms with E-state index in [2.05, 4.69) is 17.1 Å². The maximum Gasteiger partial charge on any atom is 0.129 e. The second-order valence-electron chi connectivity index (χ2n) is 5.20. The smallest absolute Gasteiger partial charge is 0.129 e. The Bertz CT molecular complexity index is 453. The van der Waals surface area contributed by atoms with Crippen LogP contribution in [0.25, 0.3) is 0 Å². The Hall–Kier alpha value is 0.230. The molecule has 128 valence electrons. The second kappa shape index (κ2) is 10.9. The normalized spacial score (nSPS) is 16.5. The van der Waals surface area contributed by atoms with Crippen LogP contribution in [0.1, 0.15) is 37.8 Å². The summed E-state index contributed by atoms with van der Waals surface area (Å²) in [5, 5.41) is 4.12. The number of unbranched alkanes of at least 4 members (excludes halogenated alkanes) is 1. The lowest BCUT2D eigenvalue weighted by atomic mass is 9.98. The lowest BCUT2D eigenvalue weighted by Crippen LogP contribution is -2.45. The SMILES string of the molecule is CCCC[C@H](c1c(F)ccc(Cl)c1Cl)N1CCNCC1.Cl.Cl. The largest absolute Gasteiger partial charge is 0.314 e. The molecule has 0 amide bonds. The fraction of sp³-hybridized carbons (Fsp3) is 0.600. The van der Waals surface area contributed by atoms with Gasteiger partial charge < -0.3 is 5.32 Å². The summed E-state index contributed by atoms with van der Waals surface area (Å²) < 4.78 is 14.3. The molecular weight excluding hydrogens is 369 g/mol.